The Morgan fingerprint density at radius 3 is 2.38 bits per heavy atom. The Labute approximate surface area is 278 Å². The van der Waals surface area contributed by atoms with Gasteiger partial charge in [-0.05, 0) is 38.0 Å². The number of aliphatic hydroxyl groups excluding tert-OH is 2. The molecule has 0 amide bonds. The third-order valence-electron chi connectivity index (χ3n) is 10.8. The maximum Gasteiger partial charge on any atom is 0.308 e. The molecule has 0 aromatic heterocycles. The predicted molar refractivity (Wildman–Crippen MR) is 170 cm³/mol. The molecular formula is C36H54O11. The van der Waals surface area contributed by atoms with Crippen LogP contribution in [0, 0.1) is 23.7 Å². The van der Waals surface area contributed by atoms with Gasteiger partial charge in [-0.3, -0.25) is 9.59 Å². The molecule has 5 rings (SSSR count). The van der Waals surface area contributed by atoms with Crippen molar-refractivity contribution in [1.29, 1.82) is 0 Å². The summed E-state index contributed by atoms with van der Waals surface area (Å²) in [4.78, 5) is 37.5. The molecule has 5 heterocycles. The number of esters is 1. The number of hydrogen-bond acceptors (Lipinski definition) is 11. The number of ether oxygens (including phenoxy) is 6. The Hall–Kier alpha value is -1.99. The normalized spacial score (nSPS) is 48.5. The van der Waals surface area contributed by atoms with Crippen LogP contribution < -0.4 is 0 Å². The molecule has 2 N–H and O–H groups in total. The van der Waals surface area contributed by atoms with Crippen LogP contribution in [0.25, 0.3) is 0 Å². The summed E-state index contributed by atoms with van der Waals surface area (Å²) in [6.07, 6.45) is 4.72. The van der Waals surface area contributed by atoms with Gasteiger partial charge in [-0.25, -0.2) is 0 Å². The van der Waals surface area contributed by atoms with Crippen molar-refractivity contribution in [2.24, 2.45) is 23.7 Å². The van der Waals surface area contributed by atoms with E-state index in [2.05, 4.69) is 32.9 Å². The zero-order valence-corrected chi connectivity index (χ0v) is 28.3. The Kier molecular flexibility index (Phi) is 12.5. The van der Waals surface area contributed by atoms with E-state index in [9.17, 15) is 24.6 Å². The summed E-state index contributed by atoms with van der Waals surface area (Å²) < 4.78 is 36.9. The van der Waals surface area contributed by atoms with Gasteiger partial charge in [0.15, 0.2) is 12.1 Å². The second kappa shape index (κ2) is 16.1. The molecule has 6 bridgehead atoms. The minimum atomic E-state index is -1.25. The van der Waals surface area contributed by atoms with Crippen LogP contribution >= 0.6 is 0 Å². The van der Waals surface area contributed by atoms with Gasteiger partial charge in [-0.15, -0.1) is 0 Å². The van der Waals surface area contributed by atoms with Crippen molar-refractivity contribution in [1.82, 2.24) is 0 Å². The minimum absolute atomic E-state index is 0.00127. The summed E-state index contributed by atoms with van der Waals surface area (Å²) in [5.74, 6) is -0.697. The molecule has 5 aliphatic heterocycles. The van der Waals surface area contributed by atoms with E-state index < -0.39 is 67.0 Å². The van der Waals surface area contributed by atoms with E-state index in [-0.39, 0.29) is 54.7 Å². The minimum Gasteiger partial charge on any atom is -0.459 e. The van der Waals surface area contributed by atoms with Crippen LogP contribution in [-0.2, 0) is 42.8 Å². The van der Waals surface area contributed by atoms with Crippen LogP contribution in [0.2, 0.25) is 0 Å². The van der Waals surface area contributed by atoms with Gasteiger partial charge in [-0.1, -0.05) is 52.0 Å². The molecule has 0 aromatic carbocycles. The van der Waals surface area contributed by atoms with Gasteiger partial charge >= 0.3 is 5.97 Å². The molecule has 0 unspecified atom stereocenters. The first-order valence-electron chi connectivity index (χ1n) is 17.6. The lowest BCUT2D eigenvalue weighted by atomic mass is 9.84. The number of Topliss-reactive ketones (excluding diaryl/α,β-unsaturated/α-hetero) is 1. The van der Waals surface area contributed by atoms with E-state index in [1.165, 1.54) is 0 Å². The zero-order valence-electron chi connectivity index (χ0n) is 28.3. The first-order valence-corrected chi connectivity index (χ1v) is 17.6. The third kappa shape index (κ3) is 8.98. The molecule has 0 saturated carbocycles. The molecule has 16 atom stereocenters. The van der Waals surface area contributed by atoms with Gasteiger partial charge in [0.2, 0.25) is 0 Å². The average Bonchev–Trinajstić information content (AvgIpc) is 3.40. The lowest BCUT2D eigenvalue weighted by Crippen LogP contribution is -2.57. The summed E-state index contributed by atoms with van der Waals surface area (Å²) in [7, 11) is 0. The second-order valence-electron chi connectivity index (χ2n) is 14.6. The van der Waals surface area contributed by atoms with Crippen molar-refractivity contribution >= 4 is 18.0 Å². The Morgan fingerprint density at radius 1 is 0.851 bits per heavy atom. The highest BCUT2D eigenvalue weighted by Gasteiger charge is 2.48. The lowest BCUT2D eigenvalue weighted by Gasteiger charge is -2.44. The SMILES string of the molecule is C[C@@H]1[C@H]2C[C@@H](C)/C=C\C=C/C[C@@H]3O[C@@H](C[C@@H]3C)[C@@H](O)C[C@H]3O[C@@H](C=O)[C@@H](C)[C@@H](OC(=O)C[C@@H](C[C@H]1O[C@H]1CCC(=O)[C@H](C)O1)O2)[C@H]3O. The Balaban J connectivity index is 1.36. The summed E-state index contributed by atoms with van der Waals surface area (Å²) in [6.45, 7) is 9.76. The van der Waals surface area contributed by atoms with E-state index in [4.69, 9.17) is 28.4 Å². The molecule has 264 valence electrons. The first kappa shape index (κ1) is 36.3. The molecule has 11 heteroatoms. The number of allylic oxidation sites excluding steroid dienone is 3. The predicted octanol–water partition coefficient (Wildman–Crippen LogP) is 3.61. The van der Waals surface area contributed by atoms with Gasteiger partial charge < -0.3 is 43.4 Å². The highest BCUT2D eigenvalue weighted by molar-refractivity contribution is 5.83. The summed E-state index contributed by atoms with van der Waals surface area (Å²) >= 11 is 0. The van der Waals surface area contributed by atoms with E-state index in [1.54, 1.807) is 13.8 Å². The van der Waals surface area contributed by atoms with Crippen molar-refractivity contribution in [2.45, 2.75) is 159 Å². The van der Waals surface area contributed by atoms with Gasteiger partial charge in [-0.2, -0.15) is 0 Å². The van der Waals surface area contributed by atoms with Crippen molar-refractivity contribution in [3.8, 4) is 0 Å². The van der Waals surface area contributed by atoms with Gasteiger partial charge in [0, 0.05) is 37.5 Å². The molecule has 5 aliphatic rings. The van der Waals surface area contributed by atoms with Gasteiger partial charge in [0.25, 0.3) is 0 Å². The fourth-order valence-corrected chi connectivity index (χ4v) is 7.73. The molecule has 4 fully saturated rings. The van der Waals surface area contributed by atoms with E-state index in [0.717, 1.165) is 0 Å². The van der Waals surface area contributed by atoms with Crippen LogP contribution in [-0.4, -0.2) is 102 Å². The van der Waals surface area contributed by atoms with Crippen molar-refractivity contribution in [2.75, 3.05) is 0 Å². The van der Waals surface area contributed by atoms with Crippen LogP contribution in [0.3, 0.4) is 0 Å². The average molecular weight is 663 g/mol. The maximum absolute atomic E-state index is 13.5. The summed E-state index contributed by atoms with van der Waals surface area (Å²) in [5, 5.41) is 22.5. The Bertz CT molecular complexity index is 1140. The van der Waals surface area contributed by atoms with Gasteiger partial charge in [0.1, 0.15) is 30.7 Å². The standard InChI is InChI=1S/C36H54O11/c1-19-9-7-6-8-10-27-20(2)14-30(44-27)26(39)17-31-35(41)36(22(4)32(18-37)45-31)47-33(40)16-24-15-29(21(3)28(13-19)43-24)46-34-12-11-25(38)23(5)42-34/h6-9,18-24,26-32,34-36,39,41H,10-17H2,1-5H3/b8-6-,9-7-/t19-,20-,21+,22+,23-,24+,26-,27-,28+,29+,30-,31+,32-,34-,35-,36+/m0/s1. The van der Waals surface area contributed by atoms with E-state index in [0.29, 0.717) is 44.8 Å². The number of hydrogen-bond donors (Lipinski definition) is 2. The lowest BCUT2D eigenvalue weighted by molar-refractivity contribution is -0.245. The number of fused-ring (bicyclic) bond motifs is 6. The van der Waals surface area contributed by atoms with Crippen LogP contribution in [0.5, 0.6) is 0 Å². The summed E-state index contributed by atoms with van der Waals surface area (Å²) in [6, 6.07) is 0. The molecule has 11 nitrogen and oxygen atoms in total. The monoisotopic (exact) mass is 662 g/mol. The van der Waals surface area contributed by atoms with Gasteiger partial charge in [0.05, 0.1) is 49.1 Å². The van der Waals surface area contributed by atoms with Crippen molar-refractivity contribution in [3.63, 3.8) is 0 Å². The number of aldehydes is 1. The molecule has 0 aromatic rings. The van der Waals surface area contributed by atoms with E-state index >= 15 is 0 Å². The topological polar surface area (TPSA) is 147 Å². The number of ketones is 1. The first-order chi connectivity index (χ1) is 22.4. The smallest absolute Gasteiger partial charge is 0.308 e. The molecule has 47 heavy (non-hydrogen) atoms. The van der Waals surface area contributed by atoms with Crippen molar-refractivity contribution < 1.29 is 53.0 Å². The quantitative estimate of drug-likeness (QED) is 0.338. The fraction of sp³-hybridized carbons (Fsp3) is 0.806. The van der Waals surface area contributed by atoms with E-state index in [1.807, 2.05) is 12.2 Å². The van der Waals surface area contributed by atoms with Crippen LogP contribution in [0.4, 0.5) is 0 Å². The highest BCUT2D eigenvalue weighted by atomic mass is 16.7. The molecule has 0 aliphatic carbocycles. The number of carbonyl (C=O) groups is 3. The number of carbonyl (C=O) groups excluding carboxylic acids is 3. The second-order valence-corrected chi connectivity index (χ2v) is 14.6. The largest absolute Gasteiger partial charge is 0.459 e. The zero-order chi connectivity index (χ0) is 33.8. The van der Waals surface area contributed by atoms with Crippen LogP contribution in [0.15, 0.2) is 24.3 Å². The molecule has 0 spiro atoms. The molecule has 4 saturated heterocycles. The van der Waals surface area contributed by atoms with Crippen LogP contribution in [0.1, 0.15) is 86.0 Å². The highest BCUT2D eigenvalue weighted by Crippen LogP contribution is 2.37. The maximum atomic E-state index is 13.5. The third-order valence-corrected chi connectivity index (χ3v) is 10.8. The molecular weight excluding hydrogens is 608 g/mol. The fourth-order valence-electron chi connectivity index (χ4n) is 7.73. The summed E-state index contributed by atoms with van der Waals surface area (Å²) in [5.41, 5.74) is 0. The number of rotatable bonds is 3. The number of aliphatic hydroxyl groups is 2. The molecule has 0 radical (unpaired) electrons. The van der Waals surface area contributed by atoms with Crippen molar-refractivity contribution in [3.05, 3.63) is 24.3 Å². The Morgan fingerprint density at radius 2 is 1.64 bits per heavy atom.